The summed E-state index contributed by atoms with van der Waals surface area (Å²) in [6.45, 7) is 1.88. The Balaban J connectivity index is 2.98. The Labute approximate surface area is 103 Å². The Morgan fingerprint density at radius 3 is 2.39 bits per heavy atom. The fraction of sp³-hybridized carbons (Fsp3) is 0.250. The zero-order valence-corrected chi connectivity index (χ0v) is 9.77. The van der Waals surface area contributed by atoms with Crippen molar-refractivity contribution in [3.05, 3.63) is 29.3 Å². The SMILES string of the molecule is CCc1ccc(NC(=O)CC(=O)O)c(C(=O)O)c1. The first kappa shape index (κ1) is 13.7. The molecule has 6 heteroatoms. The topological polar surface area (TPSA) is 104 Å². The lowest BCUT2D eigenvalue weighted by Crippen LogP contribution is -2.18. The molecule has 0 aliphatic carbocycles. The predicted molar refractivity (Wildman–Crippen MR) is 63.7 cm³/mol. The second-order valence-corrected chi connectivity index (χ2v) is 3.66. The number of carboxylic acids is 2. The van der Waals surface area contributed by atoms with Gasteiger partial charge in [0.25, 0.3) is 0 Å². The lowest BCUT2D eigenvalue weighted by Gasteiger charge is -2.09. The molecular weight excluding hydrogens is 238 g/mol. The summed E-state index contributed by atoms with van der Waals surface area (Å²) in [6, 6.07) is 4.60. The van der Waals surface area contributed by atoms with E-state index in [2.05, 4.69) is 5.32 Å². The van der Waals surface area contributed by atoms with E-state index in [1.807, 2.05) is 6.92 Å². The van der Waals surface area contributed by atoms with E-state index in [1.54, 1.807) is 6.07 Å². The average Bonchev–Trinajstić information content (AvgIpc) is 2.28. The minimum atomic E-state index is -1.27. The number of anilines is 1. The number of carboxylic acid groups (broad SMARTS) is 2. The summed E-state index contributed by atoms with van der Waals surface area (Å²) < 4.78 is 0. The number of carbonyl (C=O) groups is 3. The van der Waals surface area contributed by atoms with E-state index in [0.717, 1.165) is 5.56 Å². The Hall–Kier alpha value is -2.37. The largest absolute Gasteiger partial charge is 0.481 e. The second-order valence-electron chi connectivity index (χ2n) is 3.66. The lowest BCUT2D eigenvalue weighted by atomic mass is 10.1. The zero-order valence-electron chi connectivity index (χ0n) is 9.77. The number of amides is 1. The van der Waals surface area contributed by atoms with E-state index in [1.165, 1.54) is 12.1 Å². The smallest absolute Gasteiger partial charge is 0.337 e. The first-order valence-corrected chi connectivity index (χ1v) is 5.32. The van der Waals surface area contributed by atoms with Gasteiger partial charge in [-0.1, -0.05) is 13.0 Å². The van der Waals surface area contributed by atoms with Gasteiger partial charge in [0.2, 0.25) is 5.91 Å². The van der Waals surface area contributed by atoms with E-state index in [4.69, 9.17) is 10.2 Å². The van der Waals surface area contributed by atoms with Crippen molar-refractivity contribution in [2.24, 2.45) is 0 Å². The number of hydrogen-bond acceptors (Lipinski definition) is 3. The first-order chi connectivity index (χ1) is 8.43. The molecule has 0 aliphatic rings. The van der Waals surface area contributed by atoms with E-state index in [9.17, 15) is 14.4 Å². The van der Waals surface area contributed by atoms with Crippen molar-refractivity contribution in [2.45, 2.75) is 19.8 Å². The number of nitrogens with one attached hydrogen (secondary N) is 1. The number of aryl methyl sites for hydroxylation is 1. The molecule has 3 N–H and O–H groups in total. The maximum absolute atomic E-state index is 11.3. The number of benzene rings is 1. The summed E-state index contributed by atoms with van der Waals surface area (Å²) in [5, 5.41) is 19.7. The minimum absolute atomic E-state index is 0.0481. The van der Waals surface area contributed by atoms with Gasteiger partial charge < -0.3 is 15.5 Å². The third-order valence-corrected chi connectivity index (χ3v) is 2.31. The van der Waals surface area contributed by atoms with Crippen LogP contribution in [0.25, 0.3) is 0 Å². The van der Waals surface area contributed by atoms with Crippen LogP contribution in [-0.2, 0) is 16.0 Å². The normalized spacial score (nSPS) is 9.83. The quantitative estimate of drug-likeness (QED) is 0.685. The van der Waals surface area contributed by atoms with Crippen LogP contribution in [-0.4, -0.2) is 28.1 Å². The van der Waals surface area contributed by atoms with Gasteiger partial charge in [-0.05, 0) is 24.1 Å². The molecule has 1 amide bonds. The van der Waals surface area contributed by atoms with Crippen LogP contribution in [0.5, 0.6) is 0 Å². The molecule has 1 aromatic rings. The highest BCUT2D eigenvalue weighted by molar-refractivity contribution is 6.05. The minimum Gasteiger partial charge on any atom is -0.481 e. The van der Waals surface area contributed by atoms with Crippen LogP contribution in [0.4, 0.5) is 5.69 Å². The fourth-order valence-electron chi connectivity index (χ4n) is 1.43. The summed E-state index contributed by atoms with van der Waals surface area (Å²) in [5.74, 6) is -3.19. The Kier molecular flexibility index (Phi) is 4.42. The van der Waals surface area contributed by atoms with Crippen molar-refractivity contribution >= 4 is 23.5 Å². The fourth-order valence-corrected chi connectivity index (χ4v) is 1.43. The van der Waals surface area contributed by atoms with Crippen molar-refractivity contribution in [3.8, 4) is 0 Å². The molecule has 0 aliphatic heterocycles. The highest BCUT2D eigenvalue weighted by atomic mass is 16.4. The van der Waals surface area contributed by atoms with Crippen molar-refractivity contribution in [1.29, 1.82) is 0 Å². The zero-order chi connectivity index (χ0) is 13.7. The number of aromatic carboxylic acids is 1. The van der Waals surface area contributed by atoms with Gasteiger partial charge in [0, 0.05) is 0 Å². The maximum atomic E-state index is 11.3. The van der Waals surface area contributed by atoms with Gasteiger partial charge in [0.15, 0.2) is 0 Å². The molecule has 0 aromatic heterocycles. The molecule has 0 fully saturated rings. The lowest BCUT2D eigenvalue weighted by molar-refractivity contribution is -0.139. The molecule has 0 saturated heterocycles. The molecule has 1 aromatic carbocycles. The molecule has 0 radical (unpaired) electrons. The van der Waals surface area contributed by atoms with Gasteiger partial charge in [-0.2, -0.15) is 0 Å². The third-order valence-electron chi connectivity index (χ3n) is 2.31. The summed E-state index contributed by atoms with van der Waals surface area (Å²) in [6.07, 6.45) is -0.0295. The van der Waals surface area contributed by atoms with E-state index in [0.29, 0.717) is 6.42 Å². The van der Waals surface area contributed by atoms with E-state index < -0.39 is 24.3 Å². The van der Waals surface area contributed by atoms with Gasteiger partial charge in [0.1, 0.15) is 6.42 Å². The van der Waals surface area contributed by atoms with Gasteiger partial charge in [-0.15, -0.1) is 0 Å². The van der Waals surface area contributed by atoms with E-state index >= 15 is 0 Å². The van der Waals surface area contributed by atoms with Gasteiger partial charge in [-0.25, -0.2) is 4.79 Å². The number of rotatable bonds is 5. The van der Waals surface area contributed by atoms with E-state index in [-0.39, 0.29) is 11.3 Å². The van der Waals surface area contributed by atoms with Gasteiger partial charge in [-0.3, -0.25) is 9.59 Å². The molecule has 0 heterocycles. The van der Waals surface area contributed by atoms with Crippen LogP contribution in [0.3, 0.4) is 0 Å². The van der Waals surface area contributed by atoms with Crippen molar-refractivity contribution in [2.75, 3.05) is 5.32 Å². The molecule has 6 nitrogen and oxygen atoms in total. The molecule has 18 heavy (non-hydrogen) atoms. The Bertz CT molecular complexity index is 495. The first-order valence-electron chi connectivity index (χ1n) is 5.32. The molecule has 0 unspecified atom stereocenters. The summed E-state index contributed by atoms with van der Waals surface area (Å²) in [7, 11) is 0. The van der Waals surface area contributed by atoms with Crippen LogP contribution < -0.4 is 5.32 Å². The van der Waals surface area contributed by atoms with Crippen LogP contribution in [0.15, 0.2) is 18.2 Å². The van der Waals surface area contributed by atoms with Crippen molar-refractivity contribution in [3.63, 3.8) is 0 Å². The molecule has 0 spiro atoms. The summed E-state index contributed by atoms with van der Waals surface area (Å²) in [5.41, 5.74) is 0.877. The number of aliphatic carboxylic acids is 1. The number of carbonyl (C=O) groups excluding carboxylic acids is 1. The molecule has 1 rings (SSSR count). The van der Waals surface area contributed by atoms with Crippen molar-refractivity contribution < 1.29 is 24.6 Å². The maximum Gasteiger partial charge on any atom is 0.337 e. The van der Waals surface area contributed by atoms with Crippen LogP contribution >= 0.6 is 0 Å². The molecule has 0 saturated carbocycles. The monoisotopic (exact) mass is 251 g/mol. The molecular formula is C12H13NO5. The predicted octanol–water partition coefficient (Wildman–Crippen LogP) is 1.36. The highest BCUT2D eigenvalue weighted by Gasteiger charge is 2.14. The number of hydrogen-bond donors (Lipinski definition) is 3. The Morgan fingerprint density at radius 2 is 1.89 bits per heavy atom. The van der Waals surface area contributed by atoms with Crippen molar-refractivity contribution in [1.82, 2.24) is 0 Å². The summed E-state index contributed by atoms with van der Waals surface area (Å²) in [4.78, 5) is 32.6. The Morgan fingerprint density at radius 1 is 1.22 bits per heavy atom. The van der Waals surface area contributed by atoms with Crippen LogP contribution in [0, 0.1) is 0 Å². The second kappa shape index (κ2) is 5.81. The molecule has 96 valence electrons. The van der Waals surface area contributed by atoms with Crippen LogP contribution in [0.1, 0.15) is 29.3 Å². The molecule has 0 bridgehead atoms. The molecule has 0 atom stereocenters. The third kappa shape index (κ3) is 3.58. The summed E-state index contributed by atoms with van der Waals surface area (Å²) >= 11 is 0. The standard InChI is InChI=1S/C12H13NO5/c1-2-7-3-4-9(8(5-7)12(17)18)13-10(14)6-11(15)16/h3-5H,2,6H2,1H3,(H,13,14)(H,15,16)(H,17,18). The van der Waals surface area contributed by atoms with Gasteiger partial charge >= 0.3 is 11.9 Å². The highest BCUT2D eigenvalue weighted by Crippen LogP contribution is 2.18. The van der Waals surface area contributed by atoms with Crippen LogP contribution in [0.2, 0.25) is 0 Å². The average molecular weight is 251 g/mol. The van der Waals surface area contributed by atoms with Gasteiger partial charge in [0.05, 0.1) is 11.3 Å².